The van der Waals surface area contributed by atoms with Crippen molar-refractivity contribution < 1.29 is 14.5 Å². The normalized spacial score (nSPS) is 22.5. The van der Waals surface area contributed by atoms with Crippen LogP contribution in [0.15, 0.2) is 48.6 Å². The molecule has 0 saturated heterocycles. The van der Waals surface area contributed by atoms with E-state index >= 15 is 0 Å². The SMILES string of the molecule is COC(=O)c1ccc([C@@H]2Nc3c(Cl)ccc([N+](=O)[O-])c3[C@@H]3C=CC[C@H]32)cc1. The fourth-order valence-corrected chi connectivity index (χ4v) is 4.31. The number of allylic oxidation sites excluding steroid dienone is 2. The first-order valence-corrected chi connectivity index (χ1v) is 8.97. The van der Waals surface area contributed by atoms with Crippen molar-refractivity contribution in [2.24, 2.45) is 5.92 Å². The smallest absolute Gasteiger partial charge is 0.337 e. The van der Waals surface area contributed by atoms with Gasteiger partial charge >= 0.3 is 5.97 Å². The van der Waals surface area contributed by atoms with E-state index in [1.807, 2.05) is 18.2 Å². The predicted molar refractivity (Wildman–Crippen MR) is 102 cm³/mol. The zero-order chi connectivity index (χ0) is 19.1. The number of anilines is 1. The first-order valence-electron chi connectivity index (χ1n) is 8.59. The minimum atomic E-state index is -0.387. The van der Waals surface area contributed by atoms with Gasteiger partial charge in [0, 0.05) is 12.0 Å². The minimum absolute atomic E-state index is 0.0660. The molecule has 1 aliphatic heterocycles. The van der Waals surface area contributed by atoms with Gasteiger partial charge in [-0.25, -0.2) is 4.79 Å². The van der Waals surface area contributed by atoms with E-state index < -0.39 is 0 Å². The van der Waals surface area contributed by atoms with Gasteiger partial charge in [-0.05, 0) is 36.1 Å². The molecule has 0 aromatic heterocycles. The molecule has 7 heteroatoms. The van der Waals surface area contributed by atoms with Crippen molar-refractivity contribution in [1.82, 2.24) is 0 Å². The molecule has 0 radical (unpaired) electrons. The van der Waals surface area contributed by atoms with Crippen LogP contribution in [0.5, 0.6) is 0 Å². The molecule has 4 rings (SSSR count). The molecule has 1 N–H and O–H groups in total. The van der Waals surface area contributed by atoms with Crippen molar-refractivity contribution in [2.45, 2.75) is 18.4 Å². The molecule has 2 aromatic carbocycles. The number of nitrogens with one attached hydrogen (secondary N) is 1. The third kappa shape index (κ3) is 2.86. The number of nitrogens with zero attached hydrogens (tertiary/aromatic N) is 1. The maximum atomic E-state index is 11.7. The fourth-order valence-electron chi connectivity index (χ4n) is 4.09. The van der Waals surface area contributed by atoms with Gasteiger partial charge in [0.25, 0.3) is 5.69 Å². The summed E-state index contributed by atoms with van der Waals surface area (Å²) in [6.07, 6.45) is 4.90. The van der Waals surface area contributed by atoms with E-state index in [0.717, 1.165) is 12.0 Å². The lowest BCUT2D eigenvalue weighted by molar-refractivity contribution is -0.385. The van der Waals surface area contributed by atoms with Gasteiger partial charge in [-0.15, -0.1) is 0 Å². The summed E-state index contributed by atoms with van der Waals surface area (Å²) < 4.78 is 4.74. The summed E-state index contributed by atoms with van der Waals surface area (Å²) >= 11 is 6.38. The van der Waals surface area contributed by atoms with E-state index in [2.05, 4.69) is 11.4 Å². The molecule has 27 heavy (non-hydrogen) atoms. The number of ether oxygens (including phenoxy) is 1. The average molecular weight is 385 g/mol. The molecule has 1 heterocycles. The van der Waals surface area contributed by atoms with Gasteiger partial charge < -0.3 is 10.1 Å². The van der Waals surface area contributed by atoms with Crippen LogP contribution in [0.1, 0.15) is 39.9 Å². The second-order valence-electron chi connectivity index (χ2n) is 6.70. The summed E-state index contributed by atoms with van der Waals surface area (Å²) in [4.78, 5) is 22.8. The standard InChI is InChI=1S/C20H17ClN2O4/c1-27-20(24)12-7-5-11(6-8-12)18-14-4-2-3-13(14)17-16(23(25)26)10-9-15(21)19(17)22-18/h2-3,5-10,13-14,18,22H,4H2,1H3/t13-,14-,18+/m1/s1. The molecule has 0 bridgehead atoms. The largest absolute Gasteiger partial charge is 0.465 e. The summed E-state index contributed by atoms with van der Waals surface area (Å²) in [7, 11) is 1.35. The number of carbonyl (C=O) groups excluding carboxylic acids is 1. The molecule has 3 atom stereocenters. The van der Waals surface area contributed by atoms with Crippen molar-refractivity contribution in [3.8, 4) is 0 Å². The Balaban J connectivity index is 1.77. The molecule has 2 aliphatic rings. The zero-order valence-electron chi connectivity index (χ0n) is 14.5. The monoisotopic (exact) mass is 384 g/mol. The van der Waals surface area contributed by atoms with E-state index in [4.69, 9.17) is 16.3 Å². The molecule has 2 aromatic rings. The lowest BCUT2D eigenvalue weighted by Crippen LogP contribution is -2.30. The highest BCUT2D eigenvalue weighted by Gasteiger charge is 2.42. The van der Waals surface area contributed by atoms with Gasteiger partial charge in [-0.3, -0.25) is 10.1 Å². The van der Waals surface area contributed by atoms with Gasteiger partial charge in [-0.1, -0.05) is 35.9 Å². The molecule has 1 aliphatic carbocycles. The van der Waals surface area contributed by atoms with Crippen LogP contribution >= 0.6 is 11.6 Å². The Morgan fingerprint density at radius 2 is 2.00 bits per heavy atom. The summed E-state index contributed by atoms with van der Waals surface area (Å²) in [5.74, 6) is -0.327. The maximum absolute atomic E-state index is 11.7. The fraction of sp³-hybridized carbons (Fsp3) is 0.250. The first-order chi connectivity index (χ1) is 13.0. The van der Waals surface area contributed by atoms with Crippen LogP contribution in [0.2, 0.25) is 5.02 Å². The highest BCUT2D eigenvalue weighted by Crippen LogP contribution is 2.54. The van der Waals surface area contributed by atoms with Gasteiger partial charge in [0.05, 0.1) is 39.9 Å². The highest BCUT2D eigenvalue weighted by atomic mass is 35.5. The van der Waals surface area contributed by atoms with Crippen LogP contribution in [0, 0.1) is 16.0 Å². The van der Waals surface area contributed by atoms with Gasteiger partial charge in [-0.2, -0.15) is 0 Å². The number of hydrogen-bond acceptors (Lipinski definition) is 5. The number of fused-ring (bicyclic) bond motifs is 3. The Morgan fingerprint density at radius 3 is 2.67 bits per heavy atom. The van der Waals surface area contributed by atoms with Crippen LogP contribution in [0.4, 0.5) is 11.4 Å². The molecule has 0 spiro atoms. The number of carbonyl (C=O) groups is 1. The van der Waals surface area contributed by atoms with Crippen molar-refractivity contribution in [2.75, 3.05) is 12.4 Å². The molecule has 0 saturated carbocycles. The van der Waals surface area contributed by atoms with Crippen LogP contribution in [0.25, 0.3) is 0 Å². The number of nitro benzene ring substituents is 1. The summed E-state index contributed by atoms with van der Waals surface area (Å²) in [6.45, 7) is 0. The summed E-state index contributed by atoms with van der Waals surface area (Å²) in [5, 5.41) is 15.4. The zero-order valence-corrected chi connectivity index (χ0v) is 15.3. The first kappa shape index (κ1) is 17.5. The highest BCUT2D eigenvalue weighted by molar-refractivity contribution is 6.33. The molecular formula is C20H17ClN2O4. The third-order valence-electron chi connectivity index (χ3n) is 5.33. The van der Waals surface area contributed by atoms with Crippen molar-refractivity contribution in [3.63, 3.8) is 0 Å². The predicted octanol–water partition coefficient (Wildman–Crippen LogP) is 4.86. The number of hydrogen-bond donors (Lipinski definition) is 1. The molecule has 138 valence electrons. The second kappa shape index (κ2) is 6.70. The topological polar surface area (TPSA) is 81.5 Å². The van der Waals surface area contributed by atoms with E-state index in [1.165, 1.54) is 13.2 Å². The van der Waals surface area contributed by atoms with E-state index in [9.17, 15) is 14.9 Å². The number of esters is 1. The van der Waals surface area contributed by atoms with E-state index in [-0.39, 0.29) is 34.5 Å². The van der Waals surface area contributed by atoms with Gasteiger partial charge in [0.1, 0.15) is 0 Å². The van der Waals surface area contributed by atoms with Gasteiger partial charge in [0.2, 0.25) is 0 Å². The maximum Gasteiger partial charge on any atom is 0.337 e. The number of nitro groups is 1. The Kier molecular flexibility index (Phi) is 4.36. The van der Waals surface area contributed by atoms with Crippen molar-refractivity contribution in [1.29, 1.82) is 0 Å². The number of rotatable bonds is 3. The van der Waals surface area contributed by atoms with Crippen LogP contribution in [-0.4, -0.2) is 18.0 Å². The van der Waals surface area contributed by atoms with Gasteiger partial charge in [0.15, 0.2) is 0 Å². The lowest BCUT2D eigenvalue weighted by atomic mass is 9.76. The molecule has 0 unspecified atom stereocenters. The quantitative estimate of drug-likeness (QED) is 0.353. The summed E-state index contributed by atoms with van der Waals surface area (Å²) in [5.41, 5.74) is 2.82. The Labute approximate surface area is 160 Å². The summed E-state index contributed by atoms with van der Waals surface area (Å²) in [6, 6.07) is 10.2. The molecule has 0 amide bonds. The van der Waals surface area contributed by atoms with E-state index in [1.54, 1.807) is 18.2 Å². The van der Waals surface area contributed by atoms with Crippen LogP contribution in [0.3, 0.4) is 0 Å². The number of halogens is 1. The van der Waals surface area contributed by atoms with Crippen LogP contribution < -0.4 is 5.32 Å². The molecular weight excluding hydrogens is 368 g/mol. The minimum Gasteiger partial charge on any atom is -0.465 e. The second-order valence-corrected chi connectivity index (χ2v) is 7.11. The van der Waals surface area contributed by atoms with Crippen molar-refractivity contribution in [3.05, 3.63) is 80.4 Å². The average Bonchev–Trinajstić information content (AvgIpc) is 3.17. The lowest BCUT2D eigenvalue weighted by Gasteiger charge is -2.37. The van der Waals surface area contributed by atoms with Crippen molar-refractivity contribution >= 4 is 28.9 Å². The van der Waals surface area contributed by atoms with E-state index in [0.29, 0.717) is 21.8 Å². The molecule has 6 nitrogen and oxygen atoms in total. The Hall–Kier alpha value is -2.86. The Bertz CT molecular complexity index is 955. The Morgan fingerprint density at radius 1 is 1.26 bits per heavy atom. The number of benzene rings is 2. The molecule has 0 fully saturated rings. The third-order valence-corrected chi connectivity index (χ3v) is 5.65. The van der Waals surface area contributed by atoms with Crippen LogP contribution in [-0.2, 0) is 4.74 Å². The number of methoxy groups -OCH3 is 1.